The molecule has 1 aromatic heterocycles. The normalized spacial score (nSPS) is 19.0. The molecule has 0 radical (unpaired) electrons. The minimum atomic E-state index is -3.12. The van der Waals surface area contributed by atoms with Crippen molar-refractivity contribution < 1.29 is 12.9 Å². The summed E-state index contributed by atoms with van der Waals surface area (Å²) in [6, 6.07) is 0.0849. The minimum Gasteiger partial charge on any atom is -0.339 e. The van der Waals surface area contributed by atoms with Gasteiger partial charge in [-0.25, -0.2) is 12.7 Å². The molecule has 7 nitrogen and oxygen atoms in total. The third-order valence-corrected chi connectivity index (χ3v) is 5.41. The summed E-state index contributed by atoms with van der Waals surface area (Å²) >= 11 is 0. The zero-order valence-electron chi connectivity index (χ0n) is 14.0. The van der Waals surface area contributed by atoms with E-state index >= 15 is 0 Å². The number of rotatable bonds is 4. The number of hydrogen-bond acceptors (Lipinski definition) is 6. The summed E-state index contributed by atoms with van der Waals surface area (Å²) in [4.78, 5) is 6.68. The molecular weight excluding hydrogens is 304 g/mol. The van der Waals surface area contributed by atoms with Gasteiger partial charge in [0.05, 0.1) is 12.8 Å². The molecular formula is C14H26N4O3S. The Bertz CT molecular complexity index is 598. The van der Waals surface area contributed by atoms with Crippen molar-refractivity contribution in [3.8, 4) is 0 Å². The van der Waals surface area contributed by atoms with Crippen LogP contribution in [0.15, 0.2) is 4.52 Å². The second-order valence-corrected chi connectivity index (χ2v) is 9.09. The quantitative estimate of drug-likeness (QED) is 0.826. The third-order valence-electron chi connectivity index (χ3n) is 4.07. The molecule has 0 amide bonds. The molecule has 1 aliphatic heterocycles. The Kier molecular flexibility index (Phi) is 4.93. The largest absolute Gasteiger partial charge is 0.339 e. The van der Waals surface area contributed by atoms with Gasteiger partial charge >= 0.3 is 0 Å². The fraction of sp³-hybridized carbons (Fsp3) is 0.857. The van der Waals surface area contributed by atoms with Crippen LogP contribution in [0.2, 0.25) is 0 Å². The van der Waals surface area contributed by atoms with E-state index in [1.54, 1.807) is 7.05 Å². The van der Waals surface area contributed by atoms with Crippen LogP contribution in [0.4, 0.5) is 0 Å². The number of aromatic nitrogens is 2. The highest BCUT2D eigenvalue weighted by Gasteiger charge is 2.28. The van der Waals surface area contributed by atoms with Crippen molar-refractivity contribution in [1.82, 2.24) is 19.3 Å². The number of sulfonamides is 1. The number of hydrogen-bond donors (Lipinski definition) is 0. The summed E-state index contributed by atoms with van der Waals surface area (Å²) in [7, 11) is -1.46. The first-order valence-corrected chi connectivity index (χ1v) is 9.40. The van der Waals surface area contributed by atoms with Crippen LogP contribution >= 0.6 is 0 Å². The fourth-order valence-electron chi connectivity index (χ4n) is 2.53. The second-order valence-electron chi connectivity index (χ2n) is 7.05. The predicted molar refractivity (Wildman–Crippen MR) is 83.9 cm³/mol. The standard InChI is InChI=1S/C14H26N4O3S/c1-14(2,3)13-15-12(16-21-13)10-18-8-6-11(7-9-18)17(4)22(5,19)20/h11H,6-10H2,1-5H3. The molecule has 22 heavy (non-hydrogen) atoms. The van der Waals surface area contributed by atoms with Crippen LogP contribution in [0.1, 0.15) is 45.3 Å². The lowest BCUT2D eigenvalue weighted by atomic mass is 9.97. The van der Waals surface area contributed by atoms with E-state index in [9.17, 15) is 8.42 Å². The van der Waals surface area contributed by atoms with Crippen LogP contribution in [0.25, 0.3) is 0 Å². The average molecular weight is 330 g/mol. The Labute approximate surface area is 132 Å². The summed E-state index contributed by atoms with van der Waals surface area (Å²) in [5.74, 6) is 1.34. The Morgan fingerprint density at radius 2 is 1.91 bits per heavy atom. The van der Waals surface area contributed by atoms with Gasteiger partial charge in [-0.05, 0) is 12.8 Å². The van der Waals surface area contributed by atoms with Gasteiger partial charge in [0.25, 0.3) is 0 Å². The molecule has 126 valence electrons. The van der Waals surface area contributed by atoms with Crippen molar-refractivity contribution in [3.05, 3.63) is 11.7 Å². The van der Waals surface area contributed by atoms with Crippen LogP contribution in [-0.4, -0.2) is 60.2 Å². The highest BCUT2D eigenvalue weighted by atomic mass is 32.2. The maximum Gasteiger partial charge on any atom is 0.232 e. The van der Waals surface area contributed by atoms with Gasteiger partial charge in [-0.15, -0.1) is 0 Å². The van der Waals surface area contributed by atoms with E-state index in [2.05, 4.69) is 15.0 Å². The Morgan fingerprint density at radius 1 is 1.32 bits per heavy atom. The molecule has 2 heterocycles. The van der Waals surface area contributed by atoms with Crippen LogP contribution < -0.4 is 0 Å². The smallest absolute Gasteiger partial charge is 0.232 e. The van der Waals surface area contributed by atoms with Gasteiger partial charge in [-0.3, -0.25) is 4.90 Å². The lowest BCUT2D eigenvalue weighted by molar-refractivity contribution is 0.160. The summed E-state index contributed by atoms with van der Waals surface area (Å²) in [6.07, 6.45) is 2.91. The first-order chi connectivity index (χ1) is 10.1. The molecule has 2 rings (SSSR count). The van der Waals surface area contributed by atoms with Crippen molar-refractivity contribution in [2.45, 2.75) is 51.6 Å². The Morgan fingerprint density at radius 3 is 2.36 bits per heavy atom. The SMILES string of the molecule is CN(C1CCN(Cc2noc(C(C)(C)C)n2)CC1)S(C)(=O)=O. The van der Waals surface area contributed by atoms with E-state index in [4.69, 9.17) is 4.52 Å². The summed E-state index contributed by atoms with van der Waals surface area (Å²) in [5, 5.41) is 4.04. The zero-order valence-corrected chi connectivity index (χ0v) is 14.9. The second kappa shape index (κ2) is 6.25. The Balaban J connectivity index is 1.89. The summed E-state index contributed by atoms with van der Waals surface area (Å²) in [6.45, 7) is 8.44. The molecule has 1 aliphatic rings. The molecule has 0 aromatic carbocycles. The number of likely N-dealkylation sites (tertiary alicyclic amines) is 1. The van der Waals surface area contributed by atoms with Crippen LogP contribution in [-0.2, 0) is 22.0 Å². The molecule has 8 heteroatoms. The van der Waals surface area contributed by atoms with Crippen molar-refractivity contribution in [2.75, 3.05) is 26.4 Å². The average Bonchev–Trinajstić information content (AvgIpc) is 2.86. The highest BCUT2D eigenvalue weighted by Crippen LogP contribution is 2.21. The van der Waals surface area contributed by atoms with Gasteiger partial charge < -0.3 is 4.52 Å². The fourth-order valence-corrected chi connectivity index (χ4v) is 3.29. The van der Waals surface area contributed by atoms with E-state index in [-0.39, 0.29) is 11.5 Å². The first kappa shape index (κ1) is 17.4. The van der Waals surface area contributed by atoms with Gasteiger partial charge in [0.15, 0.2) is 5.82 Å². The van der Waals surface area contributed by atoms with E-state index < -0.39 is 10.0 Å². The maximum absolute atomic E-state index is 11.6. The van der Waals surface area contributed by atoms with Crippen LogP contribution in [0.3, 0.4) is 0 Å². The van der Waals surface area contributed by atoms with Crippen molar-refractivity contribution in [2.24, 2.45) is 0 Å². The minimum absolute atomic E-state index is 0.0849. The molecule has 0 spiro atoms. The monoisotopic (exact) mass is 330 g/mol. The van der Waals surface area contributed by atoms with Crippen LogP contribution in [0, 0.1) is 0 Å². The lowest BCUT2D eigenvalue weighted by Crippen LogP contribution is -2.45. The van der Waals surface area contributed by atoms with Gasteiger partial charge in [-0.2, -0.15) is 4.98 Å². The van der Waals surface area contributed by atoms with Gasteiger partial charge in [0, 0.05) is 31.6 Å². The van der Waals surface area contributed by atoms with Gasteiger partial charge in [0.2, 0.25) is 15.9 Å². The van der Waals surface area contributed by atoms with Crippen molar-refractivity contribution >= 4 is 10.0 Å². The number of piperidine rings is 1. The predicted octanol–water partition coefficient (Wildman–Crippen LogP) is 1.22. The van der Waals surface area contributed by atoms with Gasteiger partial charge in [-0.1, -0.05) is 25.9 Å². The van der Waals surface area contributed by atoms with E-state index in [0.29, 0.717) is 18.3 Å². The van der Waals surface area contributed by atoms with Crippen molar-refractivity contribution in [3.63, 3.8) is 0 Å². The topological polar surface area (TPSA) is 79.5 Å². The zero-order chi connectivity index (χ0) is 16.5. The Hall–Kier alpha value is -0.990. The van der Waals surface area contributed by atoms with E-state index in [0.717, 1.165) is 25.9 Å². The molecule has 1 fully saturated rings. The third kappa shape index (κ3) is 4.27. The first-order valence-electron chi connectivity index (χ1n) is 7.56. The van der Waals surface area contributed by atoms with E-state index in [1.807, 2.05) is 20.8 Å². The molecule has 0 atom stereocenters. The summed E-state index contributed by atoms with van der Waals surface area (Å²) in [5.41, 5.74) is -0.142. The summed E-state index contributed by atoms with van der Waals surface area (Å²) < 4.78 is 29.9. The molecule has 1 aromatic rings. The maximum atomic E-state index is 11.6. The molecule has 0 unspecified atom stereocenters. The highest BCUT2D eigenvalue weighted by molar-refractivity contribution is 7.88. The molecule has 0 aliphatic carbocycles. The molecule has 0 saturated carbocycles. The number of nitrogens with zero attached hydrogens (tertiary/aromatic N) is 4. The molecule has 1 saturated heterocycles. The molecule has 0 bridgehead atoms. The molecule has 0 N–H and O–H groups in total. The van der Waals surface area contributed by atoms with Crippen LogP contribution in [0.5, 0.6) is 0 Å². The lowest BCUT2D eigenvalue weighted by Gasteiger charge is -2.35. The van der Waals surface area contributed by atoms with E-state index in [1.165, 1.54) is 10.6 Å². The van der Waals surface area contributed by atoms with Crippen molar-refractivity contribution in [1.29, 1.82) is 0 Å². The van der Waals surface area contributed by atoms with Gasteiger partial charge in [0.1, 0.15) is 0 Å².